The number of carbonyl (C=O) groups is 1. The van der Waals surface area contributed by atoms with Crippen molar-refractivity contribution >= 4 is 24.5 Å². The van der Waals surface area contributed by atoms with Crippen molar-refractivity contribution in [1.29, 1.82) is 0 Å². The van der Waals surface area contributed by atoms with Gasteiger partial charge in [0, 0.05) is 22.0 Å². The molecule has 4 aromatic rings. The van der Waals surface area contributed by atoms with Gasteiger partial charge in [0.05, 0.1) is 40.7 Å². The molecule has 4 rings (SSSR count). The van der Waals surface area contributed by atoms with E-state index in [1.807, 2.05) is 0 Å². The van der Waals surface area contributed by atoms with Gasteiger partial charge < -0.3 is 47.9 Å². The van der Waals surface area contributed by atoms with Gasteiger partial charge in [-0.3, -0.25) is 4.79 Å². The minimum Gasteiger partial charge on any atom is -0.780 e. The molecule has 0 aliphatic rings. The Hall–Kier alpha value is -2.02. The number of rotatable bonds is 10. The summed E-state index contributed by atoms with van der Waals surface area (Å²) in [6.07, 6.45) is 0. The first kappa shape index (κ1) is 34.2. The van der Waals surface area contributed by atoms with E-state index in [0.29, 0.717) is 33.3 Å². The summed E-state index contributed by atoms with van der Waals surface area (Å²) in [6.45, 7) is -0.337. The summed E-state index contributed by atoms with van der Waals surface area (Å²) < 4.78 is 37.3. The second-order valence-electron chi connectivity index (χ2n) is 8.02. The fraction of sp³-hybridized carbons (Fsp3) is 0.192. The summed E-state index contributed by atoms with van der Waals surface area (Å²) in [4.78, 5) is 39.8. The van der Waals surface area contributed by atoms with Crippen LogP contribution >= 0.6 is 7.82 Å². The van der Waals surface area contributed by atoms with Gasteiger partial charge in [0.15, 0.2) is 23.0 Å². The van der Waals surface area contributed by atoms with Crippen molar-refractivity contribution in [1.82, 2.24) is 4.98 Å². The van der Waals surface area contributed by atoms with Crippen LogP contribution in [0.2, 0.25) is 0 Å². The molecule has 200 valence electrons. The number of aromatic amines is 1. The number of nitrogens with one attached hydrogen (secondary N) is 1. The first-order valence-corrected chi connectivity index (χ1v) is 12.6. The fourth-order valence-electron chi connectivity index (χ4n) is 4.29. The summed E-state index contributed by atoms with van der Waals surface area (Å²) in [7, 11) is 0.162. The van der Waals surface area contributed by atoms with Crippen molar-refractivity contribution in [3.8, 4) is 39.9 Å². The van der Waals surface area contributed by atoms with Crippen molar-refractivity contribution in [2.24, 2.45) is 0 Å². The van der Waals surface area contributed by atoms with Gasteiger partial charge in [-0.25, -0.2) is 0 Å². The summed E-state index contributed by atoms with van der Waals surface area (Å²) >= 11 is 0. The van der Waals surface area contributed by atoms with Crippen LogP contribution < -0.4 is 92.4 Å². The number of aromatic nitrogens is 1. The van der Waals surface area contributed by atoms with Crippen LogP contribution in [0.15, 0.2) is 48.5 Å². The zero-order valence-electron chi connectivity index (χ0n) is 22.9. The Balaban J connectivity index is 0.00000280. The number of H-pyrrole nitrogens is 1. The molecule has 0 radical (unpaired) electrons. The van der Waals surface area contributed by atoms with Gasteiger partial charge in [0.1, 0.15) is 7.82 Å². The second kappa shape index (κ2) is 14.2. The normalized spacial score (nSPS) is 10.8. The summed E-state index contributed by atoms with van der Waals surface area (Å²) in [5.41, 5.74) is 2.05. The monoisotopic (exact) mass is 587 g/mol. The van der Waals surface area contributed by atoms with Crippen molar-refractivity contribution in [2.45, 2.75) is 6.61 Å². The van der Waals surface area contributed by atoms with Gasteiger partial charge in [-0.05, 0) is 41.5 Å². The molecule has 0 spiro atoms. The largest absolute Gasteiger partial charge is 1.00 e. The van der Waals surface area contributed by atoms with Crippen molar-refractivity contribution in [3.63, 3.8) is 0 Å². The molecule has 0 bridgehead atoms. The summed E-state index contributed by atoms with van der Waals surface area (Å²) in [5, 5.41) is 10.6. The van der Waals surface area contributed by atoms with Crippen LogP contribution in [-0.2, 0) is 11.2 Å². The fourth-order valence-corrected chi connectivity index (χ4v) is 4.68. The SMILES string of the molecule is COc1ccc(-c2c(C(=O)c3cc(OC)c(OC)c(OC)c3)[nH]c3cccc(CO)c23)cc1OP(=O)([O-])[O-].[Na+].[Na+]. The third-order valence-electron chi connectivity index (χ3n) is 5.90. The first-order chi connectivity index (χ1) is 18.1. The number of aliphatic hydroxyl groups excluding tert-OH is 1. The van der Waals surface area contributed by atoms with Gasteiger partial charge >= 0.3 is 59.1 Å². The number of methoxy groups -OCH3 is 4. The number of hydrogen-bond acceptors (Lipinski definition) is 10. The van der Waals surface area contributed by atoms with Crippen molar-refractivity contribution in [3.05, 3.63) is 65.4 Å². The molecule has 1 heterocycles. The minimum absolute atomic E-state index is 0. The molecule has 0 atom stereocenters. The molecule has 14 heteroatoms. The third-order valence-corrected chi connectivity index (χ3v) is 6.32. The predicted molar refractivity (Wildman–Crippen MR) is 134 cm³/mol. The quantitative estimate of drug-likeness (QED) is 0.110. The Morgan fingerprint density at radius 2 is 1.50 bits per heavy atom. The minimum atomic E-state index is -5.43. The number of phosphoric ester groups is 1. The number of hydrogen-bond donors (Lipinski definition) is 2. The first-order valence-electron chi connectivity index (χ1n) is 11.1. The Morgan fingerprint density at radius 3 is 2.02 bits per heavy atom. The van der Waals surface area contributed by atoms with Crippen LogP contribution in [0.1, 0.15) is 21.6 Å². The molecule has 11 nitrogen and oxygen atoms in total. The molecule has 1 aromatic heterocycles. The Bertz CT molecular complexity index is 1540. The predicted octanol–water partition coefficient (Wildman–Crippen LogP) is -3.19. The van der Waals surface area contributed by atoms with Crippen LogP contribution in [0.25, 0.3) is 22.0 Å². The van der Waals surface area contributed by atoms with E-state index in [4.69, 9.17) is 18.9 Å². The Kier molecular flexibility index (Phi) is 12.2. The van der Waals surface area contributed by atoms with Gasteiger partial charge in [-0.15, -0.1) is 0 Å². The van der Waals surface area contributed by atoms with E-state index in [0.717, 1.165) is 0 Å². The van der Waals surface area contributed by atoms with Gasteiger partial charge in [-0.1, -0.05) is 18.2 Å². The number of fused-ring (bicyclic) bond motifs is 1. The zero-order valence-corrected chi connectivity index (χ0v) is 27.8. The van der Waals surface area contributed by atoms with Crippen molar-refractivity contribution < 1.29 is 107 Å². The van der Waals surface area contributed by atoms with Gasteiger partial charge in [0.2, 0.25) is 11.5 Å². The Labute approximate surface area is 274 Å². The number of phosphoric acid groups is 1. The van der Waals surface area contributed by atoms with E-state index >= 15 is 0 Å². The molecule has 3 aromatic carbocycles. The molecule has 0 aliphatic heterocycles. The average molecular weight is 587 g/mol. The molecule has 0 aliphatic carbocycles. The molecular weight excluding hydrogens is 563 g/mol. The second-order valence-corrected chi connectivity index (χ2v) is 9.10. The summed E-state index contributed by atoms with van der Waals surface area (Å²) in [5.74, 6) is 0.0376. The van der Waals surface area contributed by atoms with Crippen LogP contribution in [-0.4, -0.2) is 44.3 Å². The molecule has 40 heavy (non-hydrogen) atoms. The number of ether oxygens (including phenoxy) is 4. The molecule has 2 N–H and O–H groups in total. The topological polar surface area (TPSA) is 162 Å². The molecular formula is C26H24NNa2O10P. The van der Waals surface area contributed by atoms with Crippen LogP contribution in [0.5, 0.6) is 28.7 Å². The van der Waals surface area contributed by atoms with Gasteiger partial charge in [0.25, 0.3) is 0 Å². The van der Waals surface area contributed by atoms with Gasteiger partial charge in [-0.2, -0.15) is 0 Å². The smallest absolute Gasteiger partial charge is 0.780 e. The Morgan fingerprint density at radius 1 is 0.875 bits per heavy atom. The van der Waals surface area contributed by atoms with E-state index in [2.05, 4.69) is 9.51 Å². The van der Waals surface area contributed by atoms with E-state index in [1.54, 1.807) is 24.3 Å². The molecule has 0 unspecified atom stereocenters. The number of carbonyl (C=O) groups excluding carboxylic acids is 1. The maximum atomic E-state index is 13.9. The number of ketones is 1. The van der Waals surface area contributed by atoms with E-state index in [9.17, 15) is 24.3 Å². The third kappa shape index (κ3) is 6.88. The van der Waals surface area contributed by atoms with E-state index in [-0.39, 0.29) is 100.0 Å². The van der Waals surface area contributed by atoms with Crippen molar-refractivity contribution in [2.75, 3.05) is 28.4 Å². The maximum absolute atomic E-state index is 13.9. The number of aliphatic hydroxyl groups is 1. The molecule has 0 saturated heterocycles. The number of benzene rings is 3. The average Bonchev–Trinajstić information content (AvgIpc) is 3.30. The molecule has 0 amide bonds. The van der Waals surface area contributed by atoms with E-state index < -0.39 is 13.6 Å². The molecule has 0 saturated carbocycles. The molecule has 0 fully saturated rings. The zero-order chi connectivity index (χ0) is 27.6. The van der Waals surface area contributed by atoms with Crippen LogP contribution in [0.4, 0.5) is 0 Å². The van der Waals surface area contributed by atoms with E-state index in [1.165, 1.54) is 52.7 Å². The maximum Gasteiger partial charge on any atom is 1.00 e. The summed E-state index contributed by atoms with van der Waals surface area (Å²) in [6, 6.07) is 12.4. The van der Waals surface area contributed by atoms with Crippen LogP contribution in [0, 0.1) is 0 Å². The standard InChI is InChI=1S/C26H26NO10P.2Na/c1-33-18-9-8-14(10-19(18)37-38(30,31)32)23-22-15(13-28)6-5-7-17(22)27-24(23)25(29)16-11-20(34-2)26(36-4)21(12-16)35-3;;/h5-12,27-28H,13H2,1-4H3,(H2,30,31,32);;/q;2*+1/p-2. The van der Waals surface area contributed by atoms with Crippen LogP contribution in [0.3, 0.4) is 0 Å².